The Morgan fingerprint density at radius 2 is 2.21 bits per heavy atom. The Morgan fingerprint density at radius 3 is 2.74 bits per heavy atom. The van der Waals surface area contributed by atoms with Crippen molar-refractivity contribution in [2.45, 2.75) is 59.5 Å². The molecule has 0 aliphatic heterocycles. The number of esters is 1. The number of carbonyl (C=O) groups is 1. The summed E-state index contributed by atoms with van der Waals surface area (Å²) in [6.45, 7) is 8.50. The fourth-order valence-electron chi connectivity index (χ4n) is 3.17. The van der Waals surface area contributed by atoms with Crippen LogP contribution in [0.4, 0.5) is 0 Å². The molecule has 0 saturated heterocycles. The number of aliphatic hydroxyl groups is 1. The molecule has 0 amide bonds. The van der Waals surface area contributed by atoms with Crippen LogP contribution in [0.1, 0.15) is 53.4 Å². The maximum atomic E-state index is 12.0. The highest BCUT2D eigenvalue weighted by molar-refractivity contribution is 5.73. The van der Waals surface area contributed by atoms with Crippen molar-refractivity contribution in [1.29, 1.82) is 0 Å². The number of aliphatic hydroxyl groups excluding tert-OH is 1. The molecule has 110 valence electrons. The number of rotatable bonds is 6. The van der Waals surface area contributed by atoms with Crippen molar-refractivity contribution < 1.29 is 14.6 Å². The van der Waals surface area contributed by atoms with Gasteiger partial charge in [0.15, 0.2) is 0 Å². The molecule has 1 rings (SSSR count). The van der Waals surface area contributed by atoms with Crippen LogP contribution in [0.3, 0.4) is 0 Å². The smallest absolute Gasteiger partial charge is 0.311 e. The van der Waals surface area contributed by atoms with Gasteiger partial charge in [0.2, 0.25) is 0 Å². The lowest BCUT2D eigenvalue weighted by atomic mass is 9.76. The number of hydrogen-bond acceptors (Lipinski definition) is 3. The minimum Gasteiger partial charge on any atom is -0.466 e. The predicted molar refractivity (Wildman–Crippen MR) is 76.7 cm³/mol. The van der Waals surface area contributed by atoms with Gasteiger partial charge in [-0.25, -0.2) is 0 Å². The van der Waals surface area contributed by atoms with Gasteiger partial charge in [-0.15, -0.1) is 0 Å². The largest absolute Gasteiger partial charge is 0.466 e. The van der Waals surface area contributed by atoms with E-state index in [0.29, 0.717) is 18.9 Å². The zero-order chi connectivity index (χ0) is 14.4. The monoisotopic (exact) mass is 268 g/mol. The van der Waals surface area contributed by atoms with Crippen LogP contribution < -0.4 is 0 Å². The van der Waals surface area contributed by atoms with Gasteiger partial charge in [0.25, 0.3) is 0 Å². The molecule has 4 unspecified atom stereocenters. The third kappa shape index (κ3) is 4.64. The average Bonchev–Trinajstić information content (AvgIpc) is 2.34. The summed E-state index contributed by atoms with van der Waals surface area (Å²) in [6, 6.07) is 0. The third-order valence-electron chi connectivity index (χ3n) is 3.91. The molecule has 0 fully saturated rings. The Bertz CT molecular complexity index is 322. The van der Waals surface area contributed by atoms with Crippen molar-refractivity contribution in [3.8, 4) is 0 Å². The van der Waals surface area contributed by atoms with Gasteiger partial charge in [0.1, 0.15) is 0 Å². The standard InChI is InChI=1S/C16H28O3/c1-5-7-14(16(18)19-6-2)15(17)13-9-11(3)8-12(4)10-13/h8,11,13-15,17H,5-7,9-10H2,1-4H3. The molecular formula is C16H28O3. The molecule has 0 aromatic rings. The van der Waals surface area contributed by atoms with E-state index in [1.54, 1.807) is 0 Å². The molecule has 1 aliphatic rings. The van der Waals surface area contributed by atoms with Gasteiger partial charge in [-0.1, -0.05) is 31.9 Å². The Balaban J connectivity index is 2.73. The summed E-state index contributed by atoms with van der Waals surface area (Å²) in [6.07, 6.45) is 5.13. The quantitative estimate of drug-likeness (QED) is 0.594. The van der Waals surface area contributed by atoms with Crippen LogP contribution in [0.15, 0.2) is 11.6 Å². The number of hydrogen-bond donors (Lipinski definition) is 1. The molecule has 0 saturated carbocycles. The Hall–Kier alpha value is -0.830. The molecular weight excluding hydrogens is 240 g/mol. The van der Waals surface area contributed by atoms with E-state index in [2.05, 4.69) is 19.9 Å². The van der Waals surface area contributed by atoms with Crippen LogP contribution in [0.25, 0.3) is 0 Å². The molecule has 1 N–H and O–H groups in total. The van der Waals surface area contributed by atoms with Crippen molar-refractivity contribution in [3.05, 3.63) is 11.6 Å². The van der Waals surface area contributed by atoms with Gasteiger partial charge < -0.3 is 9.84 Å². The number of ether oxygens (including phenoxy) is 1. The summed E-state index contributed by atoms with van der Waals surface area (Å²) in [5, 5.41) is 10.6. The van der Waals surface area contributed by atoms with Crippen molar-refractivity contribution in [3.63, 3.8) is 0 Å². The molecule has 0 heterocycles. The second-order valence-electron chi connectivity index (χ2n) is 5.83. The van der Waals surface area contributed by atoms with Gasteiger partial charge in [0.05, 0.1) is 18.6 Å². The maximum Gasteiger partial charge on any atom is 0.311 e. The second kappa shape index (κ2) is 7.68. The fraction of sp³-hybridized carbons (Fsp3) is 0.812. The topological polar surface area (TPSA) is 46.5 Å². The molecule has 19 heavy (non-hydrogen) atoms. The molecule has 3 nitrogen and oxygen atoms in total. The van der Waals surface area contributed by atoms with Crippen molar-refractivity contribution in [2.75, 3.05) is 6.61 Å². The highest BCUT2D eigenvalue weighted by Crippen LogP contribution is 2.34. The highest BCUT2D eigenvalue weighted by atomic mass is 16.5. The van der Waals surface area contributed by atoms with Gasteiger partial charge in [-0.3, -0.25) is 4.79 Å². The molecule has 1 aliphatic carbocycles. The molecule has 0 bridgehead atoms. The Kier molecular flexibility index (Phi) is 6.56. The predicted octanol–water partition coefficient (Wildman–Crippen LogP) is 3.32. The van der Waals surface area contributed by atoms with E-state index in [9.17, 15) is 9.90 Å². The maximum absolute atomic E-state index is 12.0. The first-order valence-corrected chi connectivity index (χ1v) is 7.51. The van der Waals surface area contributed by atoms with E-state index in [0.717, 1.165) is 19.3 Å². The van der Waals surface area contributed by atoms with Crippen molar-refractivity contribution in [1.82, 2.24) is 0 Å². The lowest BCUT2D eigenvalue weighted by Gasteiger charge is -2.33. The van der Waals surface area contributed by atoms with Crippen LogP contribution in [-0.4, -0.2) is 23.8 Å². The summed E-state index contributed by atoms with van der Waals surface area (Å²) in [5.41, 5.74) is 1.32. The molecule has 4 atom stereocenters. The summed E-state index contributed by atoms with van der Waals surface area (Å²) < 4.78 is 5.11. The van der Waals surface area contributed by atoms with Gasteiger partial charge in [0, 0.05) is 0 Å². The van der Waals surface area contributed by atoms with Crippen LogP contribution in [0, 0.1) is 17.8 Å². The van der Waals surface area contributed by atoms with E-state index < -0.39 is 6.10 Å². The molecule has 0 radical (unpaired) electrons. The van der Waals surface area contributed by atoms with E-state index >= 15 is 0 Å². The van der Waals surface area contributed by atoms with Crippen LogP contribution in [0.2, 0.25) is 0 Å². The minimum absolute atomic E-state index is 0.181. The number of carbonyl (C=O) groups excluding carboxylic acids is 1. The summed E-state index contributed by atoms with van der Waals surface area (Å²) in [4.78, 5) is 12.0. The zero-order valence-electron chi connectivity index (χ0n) is 12.7. The first kappa shape index (κ1) is 16.2. The van der Waals surface area contributed by atoms with E-state index in [4.69, 9.17) is 4.74 Å². The lowest BCUT2D eigenvalue weighted by molar-refractivity contribution is -0.154. The Labute approximate surface area is 117 Å². The van der Waals surface area contributed by atoms with Crippen molar-refractivity contribution >= 4 is 5.97 Å². The van der Waals surface area contributed by atoms with E-state index in [1.807, 2.05) is 13.8 Å². The van der Waals surface area contributed by atoms with Gasteiger partial charge >= 0.3 is 5.97 Å². The molecule has 3 heteroatoms. The van der Waals surface area contributed by atoms with Crippen LogP contribution >= 0.6 is 0 Å². The molecule has 0 aromatic carbocycles. The average molecular weight is 268 g/mol. The second-order valence-corrected chi connectivity index (χ2v) is 5.83. The number of allylic oxidation sites excluding steroid dienone is 2. The zero-order valence-corrected chi connectivity index (χ0v) is 12.7. The van der Waals surface area contributed by atoms with Crippen molar-refractivity contribution in [2.24, 2.45) is 17.8 Å². The first-order valence-electron chi connectivity index (χ1n) is 7.51. The van der Waals surface area contributed by atoms with Crippen LogP contribution in [0.5, 0.6) is 0 Å². The van der Waals surface area contributed by atoms with E-state index in [1.165, 1.54) is 5.57 Å². The summed E-state index contributed by atoms with van der Waals surface area (Å²) >= 11 is 0. The summed E-state index contributed by atoms with van der Waals surface area (Å²) in [5.74, 6) is 0.0589. The third-order valence-corrected chi connectivity index (χ3v) is 3.91. The first-order chi connectivity index (χ1) is 8.99. The van der Waals surface area contributed by atoms with Crippen LogP contribution in [-0.2, 0) is 9.53 Å². The Morgan fingerprint density at radius 1 is 1.53 bits per heavy atom. The van der Waals surface area contributed by atoms with Gasteiger partial charge in [-0.2, -0.15) is 0 Å². The normalized spacial score (nSPS) is 26.5. The molecule has 0 aromatic heterocycles. The lowest BCUT2D eigenvalue weighted by Crippen LogP contribution is -2.37. The van der Waals surface area contributed by atoms with E-state index in [-0.39, 0.29) is 17.8 Å². The highest BCUT2D eigenvalue weighted by Gasteiger charge is 2.35. The SMILES string of the molecule is CCCC(C(=O)OCC)C(O)C1CC(C)=CC(C)C1. The fourth-order valence-corrected chi connectivity index (χ4v) is 3.17. The van der Waals surface area contributed by atoms with Gasteiger partial charge in [-0.05, 0) is 44.9 Å². The minimum atomic E-state index is -0.579. The summed E-state index contributed by atoms with van der Waals surface area (Å²) in [7, 11) is 0. The molecule has 0 spiro atoms.